The molecule has 0 radical (unpaired) electrons. The summed E-state index contributed by atoms with van der Waals surface area (Å²) in [6, 6.07) is 11.4. The number of nitrogens with zero attached hydrogens (tertiary/aromatic N) is 2. The zero-order chi connectivity index (χ0) is 18.0. The minimum Gasteiger partial charge on any atom is -0.338 e. The largest absolute Gasteiger partial charge is 0.338 e. The topological polar surface area (TPSA) is 46.9 Å². The maximum Gasteiger partial charge on any atom is 0.252 e. The molecule has 1 amide bonds. The molecule has 4 nitrogen and oxygen atoms in total. The first-order valence-corrected chi connectivity index (χ1v) is 8.07. The standard InChI is InChI=1S/C20H20FN3O/c1-13-8-9-14(2)16(12-13)20(25)23-18(19-22-10-11-24(19)3)15-6-4-5-7-17(15)21/h4-12,18H,1-3H3,(H,23,25). The van der Waals surface area contributed by atoms with Gasteiger partial charge in [0, 0.05) is 30.6 Å². The maximum absolute atomic E-state index is 14.4. The van der Waals surface area contributed by atoms with Crippen molar-refractivity contribution < 1.29 is 9.18 Å². The Labute approximate surface area is 146 Å². The van der Waals surface area contributed by atoms with Crippen LogP contribution in [0.1, 0.15) is 38.9 Å². The van der Waals surface area contributed by atoms with Gasteiger partial charge in [0.25, 0.3) is 5.91 Å². The molecule has 1 unspecified atom stereocenters. The highest BCUT2D eigenvalue weighted by Gasteiger charge is 2.24. The highest BCUT2D eigenvalue weighted by molar-refractivity contribution is 5.96. The lowest BCUT2D eigenvalue weighted by Crippen LogP contribution is -2.32. The molecule has 0 saturated heterocycles. The number of carbonyl (C=O) groups excluding carboxylic acids is 1. The van der Waals surface area contributed by atoms with Gasteiger partial charge in [-0.25, -0.2) is 9.37 Å². The van der Waals surface area contributed by atoms with Crippen molar-refractivity contribution in [3.8, 4) is 0 Å². The first-order chi connectivity index (χ1) is 12.0. The Balaban J connectivity index is 2.01. The number of rotatable bonds is 4. The number of halogens is 1. The summed E-state index contributed by atoms with van der Waals surface area (Å²) in [6.45, 7) is 3.82. The van der Waals surface area contributed by atoms with E-state index < -0.39 is 6.04 Å². The molecular formula is C20H20FN3O. The van der Waals surface area contributed by atoms with E-state index in [9.17, 15) is 9.18 Å². The highest BCUT2D eigenvalue weighted by atomic mass is 19.1. The Hall–Kier alpha value is -2.95. The Morgan fingerprint density at radius 1 is 1.20 bits per heavy atom. The average Bonchev–Trinajstić information content (AvgIpc) is 3.01. The number of hydrogen-bond acceptors (Lipinski definition) is 2. The summed E-state index contributed by atoms with van der Waals surface area (Å²) in [5.41, 5.74) is 2.83. The number of aromatic nitrogens is 2. The van der Waals surface area contributed by atoms with Crippen LogP contribution in [0.3, 0.4) is 0 Å². The number of aryl methyl sites for hydroxylation is 3. The van der Waals surface area contributed by atoms with Crippen LogP contribution in [0.15, 0.2) is 54.9 Å². The van der Waals surface area contributed by atoms with Crippen molar-refractivity contribution in [3.05, 3.63) is 88.8 Å². The highest BCUT2D eigenvalue weighted by Crippen LogP contribution is 2.24. The quantitative estimate of drug-likeness (QED) is 0.789. The predicted molar refractivity (Wildman–Crippen MR) is 94.8 cm³/mol. The Morgan fingerprint density at radius 2 is 1.96 bits per heavy atom. The van der Waals surface area contributed by atoms with Crippen molar-refractivity contribution in [3.63, 3.8) is 0 Å². The molecule has 128 valence electrons. The van der Waals surface area contributed by atoms with Gasteiger partial charge in [0.1, 0.15) is 17.7 Å². The molecule has 1 aromatic heterocycles. The summed E-state index contributed by atoms with van der Waals surface area (Å²) >= 11 is 0. The zero-order valence-electron chi connectivity index (χ0n) is 14.5. The molecule has 0 fully saturated rings. The van der Waals surface area contributed by atoms with Crippen LogP contribution in [0.25, 0.3) is 0 Å². The summed E-state index contributed by atoms with van der Waals surface area (Å²) in [6.07, 6.45) is 3.40. The lowest BCUT2D eigenvalue weighted by atomic mass is 10.0. The van der Waals surface area contributed by atoms with Crippen molar-refractivity contribution in [2.45, 2.75) is 19.9 Å². The van der Waals surface area contributed by atoms with Gasteiger partial charge in [-0.15, -0.1) is 0 Å². The van der Waals surface area contributed by atoms with Crippen LogP contribution >= 0.6 is 0 Å². The molecule has 1 atom stereocenters. The third kappa shape index (κ3) is 3.45. The molecule has 0 aliphatic carbocycles. The predicted octanol–water partition coefficient (Wildman–Crippen LogP) is 3.70. The third-order valence-corrected chi connectivity index (χ3v) is 4.25. The van der Waals surface area contributed by atoms with E-state index in [-0.39, 0.29) is 11.7 Å². The van der Waals surface area contributed by atoms with Crippen LogP contribution in [0.5, 0.6) is 0 Å². The fourth-order valence-electron chi connectivity index (χ4n) is 2.84. The molecule has 0 saturated carbocycles. The van der Waals surface area contributed by atoms with E-state index in [1.165, 1.54) is 6.07 Å². The van der Waals surface area contributed by atoms with E-state index in [1.54, 1.807) is 35.2 Å². The van der Waals surface area contributed by atoms with Gasteiger partial charge in [-0.3, -0.25) is 4.79 Å². The molecular weight excluding hydrogens is 317 g/mol. The van der Waals surface area contributed by atoms with E-state index in [1.807, 2.05) is 39.1 Å². The van der Waals surface area contributed by atoms with Crippen molar-refractivity contribution in [2.24, 2.45) is 7.05 Å². The Morgan fingerprint density at radius 3 is 2.64 bits per heavy atom. The monoisotopic (exact) mass is 337 g/mol. The van der Waals surface area contributed by atoms with E-state index >= 15 is 0 Å². The normalized spacial score (nSPS) is 12.0. The third-order valence-electron chi connectivity index (χ3n) is 4.25. The van der Waals surface area contributed by atoms with Gasteiger partial charge in [-0.2, -0.15) is 0 Å². The van der Waals surface area contributed by atoms with Crippen LogP contribution in [0, 0.1) is 19.7 Å². The SMILES string of the molecule is Cc1ccc(C)c(C(=O)NC(c2ccccc2F)c2nccn2C)c1. The van der Waals surface area contributed by atoms with Crippen molar-refractivity contribution in [1.82, 2.24) is 14.9 Å². The molecule has 3 aromatic rings. The average molecular weight is 337 g/mol. The van der Waals surface area contributed by atoms with Gasteiger partial charge in [0.05, 0.1) is 0 Å². The lowest BCUT2D eigenvalue weighted by Gasteiger charge is -2.20. The van der Waals surface area contributed by atoms with Crippen LogP contribution in [-0.4, -0.2) is 15.5 Å². The van der Waals surface area contributed by atoms with Gasteiger partial charge < -0.3 is 9.88 Å². The summed E-state index contributed by atoms with van der Waals surface area (Å²) in [5, 5.41) is 2.94. The number of benzene rings is 2. The van der Waals surface area contributed by atoms with Crippen LogP contribution < -0.4 is 5.32 Å². The van der Waals surface area contributed by atoms with Gasteiger partial charge in [-0.1, -0.05) is 35.9 Å². The first kappa shape index (κ1) is 16.9. The maximum atomic E-state index is 14.4. The minimum absolute atomic E-state index is 0.252. The van der Waals surface area contributed by atoms with Crippen LogP contribution in [-0.2, 0) is 7.05 Å². The fourth-order valence-corrected chi connectivity index (χ4v) is 2.84. The lowest BCUT2D eigenvalue weighted by molar-refractivity contribution is 0.0940. The molecule has 3 rings (SSSR count). The second kappa shape index (κ2) is 6.89. The van der Waals surface area contributed by atoms with E-state index in [0.717, 1.165) is 11.1 Å². The van der Waals surface area contributed by atoms with Crippen LogP contribution in [0.4, 0.5) is 4.39 Å². The number of carbonyl (C=O) groups is 1. The summed E-state index contributed by atoms with van der Waals surface area (Å²) in [7, 11) is 1.82. The summed E-state index contributed by atoms with van der Waals surface area (Å²) in [5.74, 6) is -0.0574. The van der Waals surface area contributed by atoms with Gasteiger partial charge in [0.15, 0.2) is 0 Å². The number of nitrogens with one attached hydrogen (secondary N) is 1. The Kier molecular flexibility index (Phi) is 4.65. The van der Waals surface area contributed by atoms with Gasteiger partial charge in [0.2, 0.25) is 0 Å². The molecule has 0 aliphatic rings. The van der Waals surface area contributed by atoms with Gasteiger partial charge in [-0.05, 0) is 31.5 Å². The first-order valence-electron chi connectivity index (χ1n) is 8.07. The second-order valence-electron chi connectivity index (χ2n) is 6.14. The number of imidazole rings is 1. The molecule has 2 aromatic carbocycles. The summed E-state index contributed by atoms with van der Waals surface area (Å²) in [4.78, 5) is 17.2. The zero-order valence-corrected chi connectivity index (χ0v) is 14.5. The Bertz CT molecular complexity index is 917. The van der Waals surface area contributed by atoms with Crippen LogP contribution in [0.2, 0.25) is 0 Å². The van der Waals surface area contributed by atoms with E-state index in [2.05, 4.69) is 10.3 Å². The summed E-state index contributed by atoms with van der Waals surface area (Å²) < 4.78 is 16.1. The molecule has 5 heteroatoms. The molecule has 0 bridgehead atoms. The van der Waals surface area contributed by atoms with Crippen molar-refractivity contribution >= 4 is 5.91 Å². The molecule has 1 N–H and O–H groups in total. The fraction of sp³-hybridized carbons (Fsp3) is 0.200. The molecule has 0 aliphatic heterocycles. The van der Waals surface area contributed by atoms with Crippen molar-refractivity contribution in [1.29, 1.82) is 0 Å². The van der Waals surface area contributed by atoms with E-state index in [0.29, 0.717) is 17.0 Å². The smallest absolute Gasteiger partial charge is 0.252 e. The second-order valence-corrected chi connectivity index (χ2v) is 6.14. The number of hydrogen-bond donors (Lipinski definition) is 1. The van der Waals surface area contributed by atoms with E-state index in [4.69, 9.17) is 0 Å². The molecule has 0 spiro atoms. The molecule has 1 heterocycles. The van der Waals surface area contributed by atoms with Crippen molar-refractivity contribution in [2.75, 3.05) is 0 Å². The molecule has 25 heavy (non-hydrogen) atoms. The number of amides is 1. The minimum atomic E-state index is -0.673. The van der Waals surface area contributed by atoms with Gasteiger partial charge >= 0.3 is 0 Å².